The molecule has 0 N–H and O–H groups in total. The van der Waals surface area contributed by atoms with Gasteiger partial charge in [-0.05, 0) is 52.7 Å². The molecule has 0 aliphatic heterocycles. The molecule has 0 aliphatic carbocycles. The molecule has 9 aromatic carbocycles. The van der Waals surface area contributed by atoms with Crippen LogP contribution in [0, 0.1) is 22.9 Å². The van der Waals surface area contributed by atoms with Crippen molar-refractivity contribution in [1.82, 2.24) is 0 Å². The second kappa shape index (κ2) is 15.4. The van der Waals surface area contributed by atoms with E-state index in [0.29, 0.717) is 0 Å². The summed E-state index contributed by atoms with van der Waals surface area (Å²) in [6, 6.07) is 82.9. The van der Waals surface area contributed by atoms with E-state index in [1.165, 1.54) is 31.1 Å². The summed E-state index contributed by atoms with van der Waals surface area (Å²) in [5.74, 6) is 7.83. The fourth-order valence-corrected chi connectivity index (χ4v) is 15.9. The van der Waals surface area contributed by atoms with Crippen LogP contribution in [-0.4, -0.2) is 16.1 Å². The maximum Gasteiger partial charge on any atom is 0.230 e. The van der Waals surface area contributed by atoms with Crippen LogP contribution in [0.1, 0.15) is 11.1 Å². The Kier molecular flexibility index (Phi) is 9.58. The SMILES string of the molecule is C(#C[Si](c1ccccc1)(c1ccccc1)c1ccccc1)c1c2ccccc2c(C#C[Si](c2ccccc2)(c2ccccc2)c2ccccc2)c2ccccc12. The molecule has 2 heteroatoms. The van der Waals surface area contributed by atoms with Gasteiger partial charge < -0.3 is 0 Å². The topological polar surface area (TPSA) is 0 Å². The van der Waals surface area contributed by atoms with Gasteiger partial charge in [0.1, 0.15) is 0 Å². The van der Waals surface area contributed by atoms with Crippen molar-refractivity contribution >= 4 is 68.8 Å². The van der Waals surface area contributed by atoms with Gasteiger partial charge in [-0.15, -0.1) is 11.1 Å². The summed E-state index contributed by atoms with van der Waals surface area (Å²) in [5.41, 5.74) is 10.2. The fourth-order valence-electron chi connectivity index (χ4n) is 8.27. The van der Waals surface area contributed by atoms with Crippen molar-refractivity contribution in [1.29, 1.82) is 0 Å². The Labute approximate surface area is 331 Å². The maximum absolute atomic E-state index is 4.08. The Bertz CT molecular complexity index is 2430. The van der Waals surface area contributed by atoms with E-state index >= 15 is 0 Å². The van der Waals surface area contributed by atoms with Crippen LogP contribution in [0.25, 0.3) is 21.5 Å². The van der Waals surface area contributed by atoms with Crippen LogP contribution in [0.3, 0.4) is 0 Å². The van der Waals surface area contributed by atoms with Crippen molar-refractivity contribution in [2.24, 2.45) is 0 Å². The van der Waals surface area contributed by atoms with Crippen LogP contribution >= 0.6 is 0 Å². The largest absolute Gasteiger partial charge is 0.230 e. The van der Waals surface area contributed by atoms with Crippen LogP contribution < -0.4 is 31.1 Å². The summed E-state index contributed by atoms with van der Waals surface area (Å²) in [7, 11) is -5.66. The van der Waals surface area contributed by atoms with E-state index in [9.17, 15) is 0 Å². The Balaban J connectivity index is 1.34. The van der Waals surface area contributed by atoms with Gasteiger partial charge in [0.05, 0.1) is 0 Å². The first kappa shape index (κ1) is 34.8. The van der Waals surface area contributed by atoms with Gasteiger partial charge in [-0.3, -0.25) is 0 Å². The average Bonchev–Trinajstić information content (AvgIpc) is 3.29. The molecule has 262 valence electrons. The highest BCUT2D eigenvalue weighted by molar-refractivity contribution is 7.17. The Hall–Kier alpha value is -6.95. The van der Waals surface area contributed by atoms with Crippen molar-refractivity contribution < 1.29 is 0 Å². The highest BCUT2D eigenvalue weighted by Crippen LogP contribution is 2.32. The van der Waals surface area contributed by atoms with Gasteiger partial charge in [-0.2, -0.15) is 0 Å². The molecule has 0 heterocycles. The second-order valence-electron chi connectivity index (χ2n) is 14.0. The van der Waals surface area contributed by atoms with Crippen molar-refractivity contribution in [3.8, 4) is 22.9 Å². The number of rotatable bonds is 6. The minimum Gasteiger partial charge on any atom is -0.109 e. The summed E-state index contributed by atoms with van der Waals surface area (Å²) in [4.78, 5) is 0. The quantitative estimate of drug-likeness (QED) is 0.0700. The highest BCUT2D eigenvalue weighted by atomic mass is 28.3. The lowest BCUT2D eigenvalue weighted by atomic mass is 9.92. The monoisotopic (exact) mass is 742 g/mol. The van der Waals surface area contributed by atoms with Gasteiger partial charge in [-0.1, -0.05) is 242 Å². The summed E-state index contributed by atoms with van der Waals surface area (Å²) >= 11 is 0. The molecule has 0 aliphatic rings. The predicted octanol–water partition coefficient (Wildman–Crippen LogP) is 8.12. The molecule has 0 saturated carbocycles. The summed E-state index contributed by atoms with van der Waals surface area (Å²) in [6.07, 6.45) is 0. The summed E-state index contributed by atoms with van der Waals surface area (Å²) < 4.78 is 0. The van der Waals surface area contributed by atoms with Gasteiger partial charge in [0.25, 0.3) is 0 Å². The van der Waals surface area contributed by atoms with Crippen molar-refractivity contribution in [2.45, 2.75) is 0 Å². The number of fused-ring (bicyclic) bond motifs is 2. The Morgan fingerprint density at radius 3 is 0.589 bits per heavy atom. The molecule has 0 nitrogen and oxygen atoms in total. The lowest BCUT2D eigenvalue weighted by molar-refractivity contribution is 1.68. The van der Waals surface area contributed by atoms with Crippen molar-refractivity contribution in [2.75, 3.05) is 0 Å². The molecule has 0 unspecified atom stereocenters. The summed E-state index contributed by atoms with van der Waals surface area (Å²) in [6.45, 7) is 0. The highest BCUT2D eigenvalue weighted by Gasteiger charge is 2.39. The standard InChI is InChI=1S/C54H38Si2/c1-7-23-43(24-8-1)55(44-25-9-2-10-26-44,45-27-11-3-12-28-45)41-39-53-49-35-19-21-37-51(49)54(52-38-22-20-36-50(52)53)40-42-56(46-29-13-4-14-30-46,47-31-15-5-16-32-47)48-33-17-6-18-34-48/h1-38H. The number of hydrogen-bond donors (Lipinski definition) is 0. The molecule has 0 fully saturated rings. The molecule has 0 saturated heterocycles. The lowest BCUT2D eigenvalue weighted by Gasteiger charge is -2.28. The molecule has 9 aromatic rings. The molecular weight excluding hydrogens is 705 g/mol. The van der Waals surface area contributed by atoms with Crippen LogP contribution in [-0.2, 0) is 0 Å². The van der Waals surface area contributed by atoms with Crippen LogP contribution in [0.15, 0.2) is 231 Å². The Morgan fingerprint density at radius 2 is 0.393 bits per heavy atom. The Morgan fingerprint density at radius 1 is 0.214 bits per heavy atom. The molecule has 0 bridgehead atoms. The fraction of sp³-hybridized carbons (Fsp3) is 0. The van der Waals surface area contributed by atoms with E-state index in [1.54, 1.807) is 0 Å². The molecule has 0 atom stereocenters. The minimum absolute atomic E-state index is 1.04. The first-order chi connectivity index (χ1) is 27.8. The normalized spacial score (nSPS) is 11.3. The zero-order valence-electron chi connectivity index (χ0n) is 30.9. The predicted molar refractivity (Wildman–Crippen MR) is 243 cm³/mol. The van der Waals surface area contributed by atoms with E-state index in [-0.39, 0.29) is 0 Å². The first-order valence-electron chi connectivity index (χ1n) is 19.1. The van der Waals surface area contributed by atoms with E-state index < -0.39 is 16.1 Å². The zero-order chi connectivity index (χ0) is 37.6. The molecular formula is C54H38Si2. The van der Waals surface area contributed by atoms with Gasteiger partial charge >= 0.3 is 0 Å². The van der Waals surface area contributed by atoms with Gasteiger partial charge in [0.2, 0.25) is 16.1 Å². The zero-order valence-corrected chi connectivity index (χ0v) is 32.9. The number of benzene rings is 9. The van der Waals surface area contributed by atoms with E-state index in [0.717, 1.165) is 32.7 Å². The van der Waals surface area contributed by atoms with Crippen molar-refractivity contribution in [3.63, 3.8) is 0 Å². The van der Waals surface area contributed by atoms with Crippen LogP contribution in [0.2, 0.25) is 0 Å². The van der Waals surface area contributed by atoms with Gasteiger partial charge in [0.15, 0.2) is 0 Å². The molecule has 56 heavy (non-hydrogen) atoms. The molecule has 0 aromatic heterocycles. The first-order valence-corrected chi connectivity index (χ1v) is 23.1. The van der Waals surface area contributed by atoms with E-state index in [1.807, 2.05) is 0 Å². The molecule has 9 rings (SSSR count). The molecule has 0 spiro atoms. The third kappa shape index (κ3) is 6.18. The third-order valence-electron chi connectivity index (χ3n) is 10.9. The molecule has 0 radical (unpaired) electrons. The molecule has 0 amide bonds. The third-order valence-corrected chi connectivity index (χ3v) is 19.1. The van der Waals surface area contributed by atoms with E-state index in [4.69, 9.17) is 0 Å². The van der Waals surface area contributed by atoms with Crippen LogP contribution in [0.4, 0.5) is 0 Å². The lowest BCUT2D eigenvalue weighted by Crippen LogP contribution is -2.66. The average molecular weight is 743 g/mol. The summed E-state index contributed by atoms with van der Waals surface area (Å²) in [5, 5.41) is 12.1. The minimum atomic E-state index is -2.83. The van der Waals surface area contributed by atoms with Gasteiger partial charge in [-0.25, -0.2) is 0 Å². The number of hydrogen-bond acceptors (Lipinski definition) is 0. The maximum atomic E-state index is 4.08. The second-order valence-corrected chi connectivity index (χ2v) is 21.0. The van der Waals surface area contributed by atoms with Crippen LogP contribution in [0.5, 0.6) is 0 Å². The van der Waals surface area contributed by atoms with Crippen molar-refractivity contribution in [3.05, 3.63) is 242 Å². The van der Waals surface area contributed by atoms with Gasteiger partial charge in [0, 0.05) is 11.1 Å². The van der Waals surface area contributed by atoms with E-state index in [2.05, 4.69) is 253 Å². The smallest absolute Gasteiger partial charge is 0.109 e.